The van der Waals surface area contributed by atoms with Crippen LogP contribution in [0.4, 0.5) is 0 Å². The molecule has 0 bridgehead atoms. The second kappa shape index (κ2) is 4.21. The van der Waals surface area contributed by atoms with E-state index < -0.39 is 0 Å². The molecule has 0 saturated heterocycles. The summed E-state index contributed by atoms with van der Waals surface area (Å²) in [6, 6.07) is 8.64. The van der Waals surface area contributed by atoms with Crippen molar-refractivity contribution in [1.82, 2.24) is 0 Å². The largest absolute Gasteiger partial charge is 0.388 e. The third-order valence-electron chi connectivity index (χ3n) is 4.13. The Morgan fingerprint density at radius 3 is 2.62 bits per heavy atom. The van der Waals surface area contributed by atoms with E-state index >= 15 is 0 Å². The van der Waals surface area contributed by atoms with Gasteiger partial charge >= 0.3 is 0 Å². The second-order valence-electron chi connectivity index (χ2n) is 5.49. The van der Waals surface area contributed by atoms with E-state index in [0.29, 0.717) is 0 Å². The lowest BCUT2D eigenvalue weighted by Crippen LogP contribution is -2.09. The van der Waals surface area contributed by atoms with Crippen LogP contribution in [0, 0.1) is 5.92 Å². The van der Waals surface area contributed by atoms with Gasteiger partial charge in [-0.15, -0.1) is 0 Å². The highest BCUT2D eigenvalue weighted by atomic mass is 16.3. The summed E-state index contributed by atoms with van der Waals surface area (Å²) < 4.78 is 0. The van der Waals surface area contributed by atoms with Crippen LogP contribution in [-0.2, 0) is 0 Å². The van der Waals surface area contributed by atoms with Crippen LogP contribution in [0.5, 0.6) is 0 Å². The molecule has 0 amide bonds. The van der Waals surface area contributed by atoms with Crippen molar-refractivity contribution in [3.8, 4) is 0 Å². The predicted molar refractivity (Wildman–Crippen MR) is 65.3 cm³/mol. The third kappa shape index (κ3) is 2.15. The van der Waals surface area contributed by atoms with Crippen molar-refractivity contribution in [2.24, 2.45) is 5.92 Å². The Kier molecular flexibility index (Phi) is 2.72. The Morgan fingerprint density at radius 1 is 1.19 bits per heavy atom. The van der Waals surface area contributed by atoms with Gasteiger partial charge in [-0.25, -0.2) is 0 Å². The fourth-order valence-electron chi connectivity index (χ4n) is 2.57. The number of aliphatic hydroxyl groups excluding tert-OH is 1. The minimum atomic E-state index is -0.229. The Morgan fingerprint density at radius 2 is 2.00 bits per heavy atom. The molecule has 1 N–H and O–H groups in total. The summed E-state index contributed by atoms with van der Waals surface area (Å²) in [6.45, 7) is 0. The van der Waals surface area contributed by atoms with Crippen LogP contribution in [0.3, 0.4) is 0 Å². The maximum atomic E-state index is 10.1. The smallest absolute Gasteiger partial charge is 0.0792 e. The molecule has 2 aliphatic rings. The zero-order valence-corrected chi connectivity index (χ0v) is 9.73. The van der Waals surface area contributed by atoms with Gasteiger partial charge in [-0.05, 0) is 42.2 Å². The number of rotatable bonds is 4. The van der Waals surface area contributed by atoms with Crippen LogP contribution in [-0.4, -0.2) is 5.11 Å². The van der Waals surface area contributed by atoms with E-state index in [1.165, 1.54) is 37.7 Å². The second-order valence-corrected chi connectivity index (χ2v) is 5.49. The van der Waals surface area contributed by atoms with Gasteiger partial charge < -0.3 is 5.11 Å². The molecule has 2 fully saturated rings. The molecule has 2 saturated carbocycles. The van der Waals surface area contributed by atoms with Crippen molar-refractivity contribution in [3.05, 3.63) is 35.4 Å². The number of hydrogen-bond donors (Lipinski definition) is 1. The molecule has 1 atom stereocenters. The first-order valence-electron chi connectivity index (χ1n) is 6.61. The Balaban J connectivity index is 1.72. The zero-order chi connectivity index (χ0) is 11.0. The van der Waals surface area contributed by atoms with Gasteiger partial charge in [0, 0.05) is 0 Å². The van der Waals surface area contributed by atoms with E-state index in [1.807, 2.05) is 0 Å². The SMILES string of the molecule is OC(CC1CC1)c1cccc(C2CCC2)c1. The topological polar surface area (TPSA) is 20.2 Å². The third-order valence-corrected chi connectivity index (χ3v) is 4.13. The van der Waals surface area contributed by atoms with Crippen molar-refractivity contribution >= 4 is 0 Å². The van der Waals surface area contributed by atoms with Crippen LogP contribution in [0.25, 0.3) is 0 Å². The van der Waals surface area contributed by atoms with Crippen molar-refractivity contribution < 1.29 is 5.11 Å². The lowest BCUT2D eigenvalue weighted by Gasteiger charge is -2.26. The molecular formula is C15H20O. The van der Waals surface area contributed by atoms with Crippen LogP contribution in [0.2, 0.25) is 0 Å². The zero-order valence-electron chi connectivity index (χ0n) is 9.73. The molecule has 0 aliphatic heterocycles. The van der Waals surface area contributed by atoms with Crippen LogP contribution >= 0.6 is 0 Å². The highest BCUT2D eigenvalue weighted by Crippen LogP contribution is 2.40. The van der Waals surface area contributed by atoms with Crippen LogP contribution in [0.1, 0.15) is 61.7 Å². The Bertz CT molecular complexity index is 363. The number of aliphatic hydroxyl groups is 1. The highest BCUT2D eigenvalue weighted by molar-refractivity contribution is 5.29. The molecular weight excluding hydrogens is 196 g/mol. The molecule has 1 unspecified atom stereocenters. The highest BCUT2D eigenvalue weighted by Gasteiger charge is 2.26. The molecule has 1 heteroatoms. The summed E-state index contributed by atoms with van der Waals surface area (Å²) in [5, 5.41) is 10.1. The number of benzene rings is 1. The van der Waals surface area contributed by atoms with Gasteiger partial charge in [0.05, 0.1) is 6.10 Å². The minimum absolute atomic E-state index is 0.229. The Hall–Kier alpha value is -0.820. The Labute approximate surface area is 97.5 Å². The van der Waals surface area contributed by atoms with E-state index in [9.17, 15) is 5.11 Å². The van der Waals surface area contributed by atoms with Crippen molar-refractivity contribution in [2.75, 3.05) is 0 Å². The molecule has 16 heavy (non-hydrogen) atoms. The summed E-state index contributed by atoms with van der Waals surface area (Å²) in [7, 11) is 0. The van der Waals surface area contributed by atoms with E-state index in [1.54, 1.807) is 0 Å². The standard InChI is InChI=1S/C15H20O/c16-15(9-11-7-8-11)14-6-2-5-13(10-14)12-3-1-4-12/h2,5-6,10-12,15-16H,1,3-4,7-9H2. The van der Waals surface area contributed by atoms with Crippen LogP contribution in [0.15, 0.2) is 24.3 Å². The van der Waals surface area contributed by atoms with Gasteiger partial charge in [-0.1, -0.05) is 43.5 Å². The minimum Gasteiger partial charge on any atom is -0.388 e. The van der Waals surface area contributed by atoms with E-state index in [4.69, 9.17) is 0 Å². The average molecular weight is 216 g/mol. The summed E-state index contributed by atoms with van der Waals surface area (Å²) in [4.78, 5) is 0. The van der Waals surface area contributed by atoms with Crippen molar-refractivity contribution in [1.29, 1.82) is 0 Å². The van der Waals surface area contributed by atoms with Gasteiger partial charge in [0.25, 0.3) is 0 Å². The molecule has 3 rings (SSSR count). The fraction of sp³-hybridized carbons (Fsp3) is 0.600. The molecule has 0 heterocycles. The molecule has 2 aliphatic carbocycles. The average Bonchev–Trinajstić information content (AvgIpc) is 2.99. The van der Waals surface area contributed by atoms with Gasteiger partial charge in [-0.2, -0.15) is 0 Å². The number of hydrogen-bond acceptors (Lipinski definition) is 1. The maximum Gasteiger partial charge on any atom is 0.0792 e. The van der Waals surface area contributed by atoms with E-state index in [2.05, 4.69) is 24.3 Å². The fourth-order valence-corrected chi connectivity index (χ4v) is 2.57. The molecule has 86 valence electrons. The van der Waals surface area contributed by atoms with Gasteiger partial charge in [0.2, 0.25) is 0 Å². The normalized spacial score (nSPS) is 22.8. The summed E-state index contributed by atoms with van der Waals surface area (Å²) in [5.41, 5.74) is 2.58. The molecule has 0 aromatic heterocycles. The van der Waals surface area contributed by atoms with Gasteiger partial charge in [0.15, 0.2) is 0 Å². The first kappa shape index (κ1) is 10.3. The monoisotopic (exact) mass is 216 g/mol. The summed E-state index contributed by atoms with van der Waals surface area (Å²) in [5.74, 6) is 1.57. The molecule has 1 aromatic rings. The summed E-state index contributed by atoms with van der Waals surface area (Å²) in [6.07, 6.45) is 7.42. The van der Waals surface area contributed by atoms with Gasteiger partial charge in [-0.3, -0.25) is 0 Å². The molecule has 1 nitrogen and oxygen atoms in total. The molecule has 0 radical (unpaired) electrons. The lowest BCUT2D eigenvalue weighted by molar-refractivity contribution is 0.160. The van der Waals surface area contributed by atoms with E-state index in [0.717, 1.165) is 23.8 Å². The van der Waals surface area contributed by atoms with E-state index in [-0.39, 0.29) is 6.10 Å². The first-order chi connectivity index (χ1) is 7.83. The lowest BCUT2D eigenvalue weighted by atomic mass is 9.79. The summed E-state index contributed by atoms with van der Waals surface area (Å²) >= 11 is 0. The van der Waals surface area contributed by atoms with Gasteiger partial charge in [0.1, 0.15) is 0 Å². The predicted octanol–water partition coefficient (Wildman–Crippen LogP) is 3.79. The maximum absolute atomic E-state index is 10.1. The molecule has 0 spiro atoms. The first-order valence-corrected chi connectivity index (χ1v) is 6.61. The van der Waals surface area contributed by atoms with Crippen molar-refractivity contribution in [2.45, 2.75) is 50.5 Å². The molecule has 1 aromatic carbocycles. The quantitative estimate of drug-likeness (QED) is 0.812. The van der Waals surface area contributed by atoms with Crippen LogP contribution < -0.4 is 0 Å². The van der Waals surface area contributed by atoms with Crippen molar-refractivity contribution in [3.63, 3.8) is 0 Å².